The van der Waals surface area contributed by atoms with Crippen molar-refractivity contribution in [1.29, 1.82) is 0 Å². The van der Waals surface area contributed by atoms with E-state index in [4.69, 9.17) is 10.5 Å². The Balaban J connectivity index is 1.51. The maximum absolute atomic E-state index is 15.1. The van der Waals surface area contributed by atoms with Gasteiger partial charge in [-0.15, -0.1) is 0 Å². The minimum absolute atomic E-state index is 0.157. The second-order valence-electron chi connectivity index (χ2n) is 8.42. The van der Waals surface area contributed by atoms with Gasteiger partial charge in [0.25, 0.3) is 5.91 Å². The highest BCUT2D eigenvalue weighted by Crippen LogP contribution is 2.28. The van der Waals surface area contributed by atoms with Crippen molar-refractivity contribution >= 4 is 17.5 Å². The molecule has 1 aliphatic rings. The number of likely N-dealkylation sites (N-methyl/N-ethyl adjacent to an activating group) is 1. The molecular weight excluding hydrogens is 433 g/mol. The highest BCUT2D eigenvalue weighted by molar-refractivity contribution is 5.99. The molecule has 1 unspecified atom stereocenters. The molecular formula is C26H30FN5O2. The summed E-state index contributed by atoms with van der Waals surface area (Å²) in [6.07, 6.45) is 0.551. The fraction of sp³-hybridized carbons (Fsp3) is 0.308. The first-order chi connectivity index (χ1) is 16.5. The smallest absolute Gasteiger partial charge is 0.257 e. The molecule has 178 valence electrons. The summed E-state index contributed by atoms with van der Waals surface area (Å²) in [5, 5.41) is 3.14. The molecule has 4 rings (SSSR count). The number of nitrogens with zero attached hydrogens (tertiary/aromatic N) is 3. The van der Waals surface area contributed by atoms with E-state index in [-0.39, 0.29) is 18.6 Å². The third-order valence-corrected chi connectivity index (χ3v) is 5.97. The Kier molecular flexibility index (Phi) is 7.27. The van der Waals surface area contributed by atoms with Crippen molar-refractivity contribution in [3.05, 3.63) is 83.2 Å². The van der Waals surface area contributed by atoms with Gasteiger partial charge in [0.15, 0.2) is 0 Å². The van der Waals surface area contributed by atoms with Gasteiger partial charge in [-0.3, -0.25) is 4.79 Å². The van der Waals surface area contributed by atoms with Crippen LogP contribution < -0.4 is 20.7 Å². The molecule has 2 aromatic carbocycles. The van der Waals surface area contributed by atoms with E-state index in [2.05, 4.69) is 10.3 Å². The number of halogens is 1. The zero-order valence-corrected chi connectivity index (χ0v) is 19.5. The molecule has 3 N–H and O–H groups in total. The maximum Gasteiger partial charge on any atom is 0.257 e. The molecule has 0 saturated carbocycles. The molecule has 8 heteroatoms. The molecule has 1 atom stereocenters. The van der Waals surface area contributed by atoms with Crippen LogP contribution in [0.5, 0.6) is 5.75 Å². The number of fused-ring (bicyclic) bond motifs is 1. The number of nitrogens with one attached hydrogen (secondary N) is 1. The molecule has 1 aliphatic heterocycles. The molecule has 0 saturated heterocycles. The van der Waals surface area contributed by atoms with Crippen molar-refractivity contribution in [2.24, 2.45) is 0 Å². The Labute approximate surface area is 199 Å². The lowest BCUT2D eigenvalue weighted by Crippen LogP contribution is -2.33. The summed E-state index contributed by atoms with van der Waals surface area (Å²) >= 11 is 0. The summed E-state index contributed by atoms with van der Waals surface area (Å²) in [6, 6.07) is 18.0. The minimum Gasteiger partial charge on any atom is -0.486 e. The molecule has 0 bridgehead atoms. The van der Waals surface area contributed by atoms with Crippen molar-refractivity contribution in [1.82, 2.24) is 15.2 Å². The first-order valence-electron chi connectivity index (χ1n) is 11.4. The summed E-state index contributed by atoms with van der Waals surface area (Å²) in [7, 11) is 3.76. The van der Waals surface area contributed by atoms with E-state index in [1.165, 1.54) is 6.07 Å². The number of pyridine rings is 1. The number of amides is 1. The van der Waals surface area contributed by atoms with Crippen molar-refractivity contribution in [3.63, 3.8) is 0 Å². The lowest BCUT2D eigenvalue weighted by atomic mass is 10.1. The molecule has 1 amide bonds. The van der Waals surface area contributed by atoms with E-state index in [1.807, 2.05) is 49.3 Å². The highest BCUT2D eigenvalue weighted by atomic mass is 19.1. The molecule has 7 nitrogen and oxygen atoms in total. The summed E-state index contributed by atoms with van der Waals surface area (Å²) in [6.45, 7) is 1.95. The zero-order valence-electron chi connectivity index (χ0n) is 19.5. The first-order valence-corrected chi connectivity index (χ1v) is 11.4. The second-order valence-corrected chi connectivity index (χ2v) is 8.42. The van der Waals surface area contributed by atoms with E-state index in [1.54, 1.807) is 29.2 Å². The number of carbonyl (C=O) groups excluding carboxylic acids is 1. The summed E-state index contributed by atoms with van der Waals surface area (Å²) in [5.74, 6) is 0.766. The Morgan fingerprint density at radius 2 is 1.94 bits per heavy atom. The van der Waals surface area contributed by atoms with E-state index < -0.39 is 5.82 Å². The summed E-state index contributed by atoms with van der Waals surface area (Å²) in [4.78, 5) is 21.0. The molecule has 34 heavy (non-hydrogen) atoms. The lowest BCUT2D eigenvalue weighted by Gasteiger charge is -2.22. The van der Waals surface area contributed by atoms with Gasteiger partial charge in [0.05, 0.1) is 5.56 Å². The van der Waals surface area contributed by atoms with Crippen LogP contribution in [-0.2, 0) is 6.54 Å². The molecule has 0 aliphatic carbocycles. The van der Waals surface area contributed by atoms with Crippen LogP contribution in [0.2, 0.25) is 0 Å². The van der Waals surface area contributed by atoms with Gasteiger partial charge in [-0.2, -0.15) is 0 Å². The van der Waals surface area contributed by atoms with E-state index >= 15 is 4.39 Å². The van der Waals surface area contributed by atoms with Crippen LogP contribution in [0, 0.1) is 5.82 Å². The first kappa shape index (κ1) is 23.5. The van der Waals surface area contributed by atoms with Gasteiger partial charge in [-0.05, 0) is 37.4 Å². The number of hydrogen-bond donors (Lipinski definition) is 2. The normalized spacial score (nSPS) is 14.5. The molecule has 1 aromatic heterocycles. The van der Waals surface area contributed by atoms with Crippen LogP contribution in [0.1, 0.15) is 34.0 Å². The number of aromatic nitrogens is 1. The van der Waals surface area contributed by atoms with Gasteiger partial charge in [0.2, 0.25) is 0 Å². The Morgan fingerprint density at radius 3 is 2.68 bits per heavy atom. The minimum atomic E-state index is -0.404. The largest absolute Gasteiger partial charge is 0.486 e. The van der Waals surface area contributed by atoms with E-state index in [0.29, 0.717) is 41.6 Å². The SMILES string of the molecule is CNCCC(Oc1ccc(CN2CCN(C)c3nc(N)ccc3C2=O)c(F)c1)c1ccccc1. The van der Waals surface area contributed by atoms with E-state index in [9.17, 15) is 4.79 Å². The fourth-order valence-corrected chi connectivity index (χ4v) is 4.06. The Morgan fingerprint density at radius 1 is 1.15 bits per heavy atom. The van der Waals surface area contributed by atoms with Crippen molar-refractivity contribution < 1.29 is 13.9 Å². The van der Waals surface area contributed by atoms with Gasteiger partial charge in [0.1, 0.15) is 29.3 Å². The number of nitrogens with two attached hydrogens (primary N) is 1. The van der Waals surface area contributed by atoms with Crippen LogP contribution in [0.25, 0.3) is 0 Å². The van der Waals surface area contributed by atoms with Crippen molar-refractivity contribution in [3.8, 4) is 5.75 Å². The van der Waals surface area contributed by atoms with Gasteiger partial charge < -0.3 is 25.6 Å². The van der Waals surface area contributed by atoms with Crippen LogP contribution in [-0.4, -0.2) is 49.5 Å². The van der Waals surface area contributed by atoms with Crippen LogP contribution >= 0.6 is 0 Å². The number of rotatable bonds is 8. The maximum atomic E-state index is 15.1. The number of benzene rings is 2. The fourth-order valence-electron chi connectivity index (χ4n) is 4.06. The van der Waals surface area contributed by atoms with Crippen molar-refractivity contribution in [2.75, 3.05) is 44.4 Å². The van der Waals surface area contributed by atoms with Crippen molar-refractivity contribution in [2.45, 2.75) is 19.1 Å². The summed E-state index contributed by atoms with van der Waals surface area (Å²) < 4.78 is 21.2. The molecule has 2 heterocycles. The number of nitrogen functional groups attached to an aromatic ring is 1. The Bertz CT molecular complexity index is 1140. The Hall–Kier alpha value is -3.65. The molecule has 0 spiro atoms. The second kappa shape index (κ2) is 10.5. The average Bonchev–Trinajstić information content (AvgIpc) is 2.95. The lowest BCUT2D eigenvalue weighted by molar-refractivity contribution is 0.0753. The third-order valence-electron chi connectivity index (χ3n) is 5.97. The van der Waals surface area contributed by atoms with Gasteiger partial charge in [0, 0.05) is 44.7 Å². The van der Waals surface area contributed by atoms with Gasteiger partial charge in [-0.25, -0.2) is 9.37 Å². The highest BCUT2D eigenvalue weighted by Gasteiger charge is 2.27. The number of hydrogen-bond acceptors (Lipinski definition) is 6. The standard InChI is InChI=1S/C26H30FN5O2/c1-29-13-12-23(18-6-4-3-5-7-18)34-20-9-8-19(22(27)16-20)17-32-15-14-31(2)25-21(26(32)33)10-11-24(28)30-25/h3-11,16,23,29H,12-15,17H2,1-2H3,(H2,28,30). The number of anilines is 2. The van der Waals surface area contributed by atoms with Crippen LogP contribution in [0.3, 0.4) is 0 Å². The monoisotopic (exact) mass is 463 g/mol. The quantitative estimate of drug-likeness (QED) is 0.531. The summed E-state index contributed by atoms with van der Waals surface area (Å²) in [5.41, 5.74) is 7.73. The molecule has 3 aromatic rings. The van der Waals surface area contributed by atoms with Gasteiger partial charge in [-0.1, -0.05) is 36.4 Å². The van der Waals surface area contributed by atoms with Crippen LogP contribution in [0.15, 0.2) is 60.7 Å². The molecule has 0 radical (unpaired) electrons. The van der Waals surface area contributed by atoms with Gasteiger partial charge >= 0.3 is 0 Å². The third kappa shape index (κ3) is 5.28. The zero-order chi connectivity index (χ0) is 24.1. The average molecular weight is 464 g/mol. The predicted octanol–water partition coefficient (Wildman–Crippen LogP) is 3.62. The van der Waals surface area contributed by atoms with E-state index in [0.717, 1.165) is 18.5 Å². The van der Waals surface area contributed by atoms with Crippen LogP contribution in [0.4, 0.5) is 16.0 Å². The number of carbonyl (C=O) groups is 1. The number of ether oxygens (including phenoxy) is 1. The topological polar surface area (TPSA) is 83.7 Å². The molecule has 0 fully saturated rings. The predicted molar refractivity (Wildman–Crippen MR) is 131 cm³/mol.